The second-order valence-corrected chi connectivity index (χ2v) is 20.6. The number of allylic oxidation sites excluding steroid dienone is 2. The SMILES string of the molecule is C=C[C@@H]1C[C@]1(CC(=O)OC(C)(C)C)C(=O)NS(=O)(=O)C1CC1.C=C[C@@H]1C[C@]1(CC(=O)OC(C)(C)C)C(=O)O.C=C[C@@H]1C[C@]1(N)C(=O)NS(=O)(=O)C1CC1.Cl. The lowest BCUT2D eigenvalue weighted by Gasteiger charge is -2.22. The summed E-state index contributed by atoms with van der Waals surface area (Å²) in [6, 6.07) is 0. The largest absolute Gasteiger partial charge is 0.481 e. The number of sulfonamides is 2. The van der Waals surface area contributed by atoms with Gasteiger partial charge in [0.05, 0.1) is 34.2 Å². The third-order valence-electron chi connectivity index (χ3n) is 9.64. The Morgan fingerprint density at radius 1 is 0.685 bits per heavy atom. The second-order valence-electron chi connectivity index (χ2n) is 16.7. The summed E-state index contributed by atoms with van der Waals surface area (Å²) in [6.45, 7) is 21.3. The summed E-state index contributed by atoms with van der Waals surface area (Å²) in [6.07, 6.45) is 8.35. The molecule has 0 saturated heterocycles. The minimum Gasteiger partial charge on any atom is -0.481 e. The Morgan fingerprint density at radius 2 is 1.04 bits per heavy atom. The van der Waals surface area contributed by atoms with Crippen molar-refractivity contribution in [2.75, 3.05) is 0 Å². The second kappa shape index (κ2) is 16.4. The first-order valence-corrected chi connectivity index (χ1v) is 20.7. The zero-order valence-electron chi connectivity index (χ0n) is 31.8. The molecule has 5 saturated carbocycles. The van der Waals surface area contributed by atoms with E-state index in [1.165, 1.54) is 0 Å². The zero-order chi connectivity index (χ0) is 40.6. The Hall–Kier alpha value is -3.28. The molecule has 5 aliphatic rings. The van der Waals surface area contributed by atoms with E-state index >= 15 is 0 Å². The van der Waals surface area contributed by atoms with Gasteiger partial charge in [0.2, 0.25) is 26.0 Å². The summed E-state index contributed by atoms with van der Waals surface area (Å²) < 4.78 is 61.3. The molecule has 18 heteroatoms. The Bertz CT molecular complexity index is 1740. The summed E-state index contributed by atoms with van der Waals surface area (Å²) in [7, 11) is -7.09. The van der Waals surface area contributed by atoms with E-state index in [0.29, 0.717) is 44.9 Å². The molecule has 0 aromatic carbocycles. The molecule has 5 N–H and O–H groups in total. The Kier molecular flexibility index (Phi) is 14.3. The molecule has 6 atom stereocenters. The van der Waals surface area contributed by atoms with Gasteiger partial charge in [-0.2, -0.15) is 0 Å². The number of hydrogen-bond acceptors (Lipinski definition) is 12. The molecule has 0 radical (unpaired) electrons. The fourth-order valence-electron chi connectivity index (χ4n) is 5.86. The van der Waals surface area contributed by atoms with E-state index in [1.54, 1.807) is 59.8 Å². The first-order chi connectivity index (χ1) is 24.1. The maximum absolute atomic E-state index is 12.4. The standard InChI is InChI=1S/C15H23NO5S.C12H18O4.C9H14N2O3S.ClH/c1-5-10-8-15(10,9-12(17)21-14(2,3)4)13(18)16-22(19,20)11-6-7-11;1-5-8-6-12(8,10(14)15)7-9(13)16-11(2,3)4;1-2-6-5-9(6,10)8(12)11-15(13,14)7-3-4-7;/h5,10-11H,1,6-9H2,2-4H3,(H,16,18);5,8H,1,6-7H2,2-4H3,(H,14,15);2,6-7H,1,3-5,10H2,(H,11,12);1H/t10-,15-;8-,12-;6-,9-;/m111./s1. The number of hydrogen-bond donors (Lipinski definition) is 4. The average molecular weight is 822 g/mol. The van der Waals surface area contributed by atoms with Crippen LogP contribution in [0.1, 0.15) is 99.3 Å². The van der Waals surface area contributed by atoms with Crippen molar-refractivity contribution >= 4 is 62.2 Å². The van der Waals surface area contributed by atoms with Crippen molar-refractivity contribution in [3.05, 3.63) is 38.0 Å². The van der Waals surface area contributed by atoms with Gasteiger partial charge in [-0.05, 0) is 98.3 Å². The first kappa shape index (κ1) is 46.9. The van der Waals surface area contributed by atoms with Gasteiger partial charge in [0.15, 0.2) is 0 Å². The minimum absolute atomic E-state index is 0. The molecule has 0 aromatic heterocycles. The number of carbonyl (C=O) groups is 5. The number of carboxylic acid groups (broad SMARTS) is 1. The summed E-state index contributed by atoms with van der Waals surface area (Å²) in [5, 5.41) is 8.22. The number of ether oxygens (including phenoxy) is 2. The fourth-order valence-corrected chi connectivity index (χ4v) is 8.62. The summed E-state index contributed by atoms with van der Waals surface area (Å²) in [5.74, 6) is -3.54. The van der Waals surface area contributed by atoms with Crippen molar-refractivity contribution in [1.82, 2.24) is 9.44 Å². The third kappa shape index (κ3) is 12.1. The van der Waals surface area contributed by atoms with Gasteiger partial charge >= 0.3 is 17.9 Å². The quantitative estimate of drug-likeness (QED) is 0.145. The lowest BCUT2D eigenvalue weighted by molar-refractivity contribution is -0.161. The smallest absolute Gasteiger partial charge is 0.310 e. The van der Waals surface area contributed by atoms with Crippen LogP contribution in [0.4, 0.5) is 0 Å². The average Bonchev–Trinajstić information content (AvgIpc) is 3.78. The zero-order valence-corrected chi connectivity index (χ0v) is 34.3. The molecule has 0 bridgehead atoms. The molecule has 0 unspecified atom stereocenters. The van der Waals surface area contributed by atoms with Crippen LogP contribution < -0.4 is 15.2 Å². The molecule has 0 aromatic rings. The highest BCUT2D eigenvalue weighted by Gasteiger charge is 2.62. The number of rotatable bonds is 14. The van der Waals surface area contributed by atoms with Gasteiger partial charge in [-0.25, -0.2) is 16.8 Å². The van der Waals surface area contributed by atoms with Crippen LogP contribution in [0.3, 0.4) is 0 Å². The number of nitrogens with one attached hydrogen (secondary N) is 2. The molecule has 0 heterocycles. The van der Waals surface area contributed by atoms with Crippen molar-refractivity contribution in [3.8, 4) is 0 Å². The molecular weight excluding hydrogens is 766 g/mol. The maximum Gasteiger partial charge on any atom is 0.310 e. The van der Waals surface area contributed by atoms with E-state index in [9.17, 15) is 40.8 Å². The van der Waals surface area contributed by atoms with Crippen LogP contribution >= 0.6 is 12.4 Å². The lowest BCUT2D eigenvalue weighted by Crippen LogP contribution is -2.47. The fraction of sp³-hybridized carbons (Fsp3) is 0.694. The molecule has 2 amide bonds. The maximum atomic E-state index is 12.4. The molecule has 306 valence electrons. The predicted octanol–water partition coefficient (Wildman–Crippen LogP) is 3.43. The van der Waals surface area contributed by atoms with Crippen LogP contribution in [0, 0.1) is 28.6 Å². The third-order valence-corrected chi connectivity index (χ3v) is 13.3. The van der Waals surface area contributed by atoms with E-state index in [4.69, 9.17) is 20.3 Å². The highest BCUT2D eigenvalue weighted by Crippen LogP contribution is 2.57. The van der Waals surface area contributed by atoms with E-state index in [-0.39, 0.29) is 43.0 Å². The normalized spacial score (nSPS) is 29.4. The molecule has 5 aliphatic carbocycles. The summed E-state index contributed by atoms with van der Waals surface area (Å²) in [5.41, 5.74) is 1.45. The molecule has 0 spiro atoms. The predicted molar refractivity (Wildman–Crippen MR) is 203 cm³/mol. The van der Waals surface area contributed by atoms with Gasteiger partial charge in [0.25, 0.3) is 5.91 Å². The monoisotopic (exact) mass is 821 g/mol. The minimum atomic E-state index is -3.62. The number of esters is 2. The van der Waals surface area contributed by atoms with Crippen LogP contribution in [0.2, 0.25) is 0 Å². The van der Waals surface area contributed by atoms with Crippen molar-refractivity contribution in [2.45, 2.75) is 127 Å². The van der Waals surface area contributed by atoms with Gasteiger partial charge in [-0.15, -0.1) is 32.1 Å². The Morgan fingerprint density at radius 3 is 1.33 bits per heavy atom. The number of aliphatic carboxylic acids is 1. The summed E-state index contributed by atoms with van der Waals surface area (Å²) >= 11 is 0. The number of carbonyl (C=O) groups excluding carboxylic acids is 4. The van der Waals surface area contributed by atoms with Crippen LogP contribution in [-0.2, 0) is 53.5 Å². The van der Waals surface area contributed by atoms with Gasteiger partial charge in [0.1, 0.15) is 16.7 Å². The lowest BCUT2D eigenvalue weighted by atomic mass is 9.98. The molecule has 5 rings (SSSR count). The summed E-state index contributed by atoms with van der Waals surface area (Å²) in [4.78, 5) is 58.6. The van der Waals surface area contributed by atoms with E-state index < -0.39 is 87.8 Å². The molecular formula is C36H56ClN3O12S2. The van der Waals surface area contributed by atoms with Gasteiger partial charge in [0, 0.05) is 5.92 Å². The van der Waals surface area contributed by atoms with Crippen molar-refractivity contribution in [2.24, 2.45) is 34.3 Å². The molecule has 15 nitrogen and oxygen atoms in total. The first-order valence-electron chi connectivity index (χ1n) is 17.6. The molecule has 5 fully saturated rings. The molecule has 54 heavy (non-hydrogen) atoms. The Labute approximate surface area is 324 Å². The topological polar surface area (TPSA) is 242 Å². The van der Waals surface area contributed by atoms with Crippen molar-refractivity contribution in [1.29, 1.82) is 0 Å². The molecule has 0 aliphatic heterocycles. The van der Waals surface area contributed by atoms with Crippen molar-refractivity contribution < 1.29 is 55.4 Å². The van der Waals surface area contributed by atoms with Crippen LogP contribution in [0.25, 0.3) is 0 Å². The van der Waals surface area contributed by atoms with Crippen LogP contribution in [-0.4, -0.2) is 78.9 Å². The Balaban J connectivity index is 0.000000284. The number of halogens is 1. The van der Waals surface area contributed by atoms with Crippen LogP contribution in [0.5, 0.6) is 0 Å². The van der Waals surface area contributed by atoms with Gasteiger partial charge < -0.3 is 20.3 Å². The van der Waals surface area contributed by atoms with E-state index in [0.717, 1.165) is 0 Å². The highest BCUT2D eigenvalue weighted by atomic mass is 35.5. The number of nitrogens with two attached hydrogens (primary N) is 1. The van der Waals surface area contributed by atoms with Crippen LogP contribution in [0.15, 0.2) is 38.0 Å². The van der Waals surface area contributed by atoms with E-state index in [2.05, 4.69) is 24.5 Å². The van der Waals surface area contributed by atoms with Gasteiger partial charge in [-0.3, -0.25) is 33.4 Å². The van der Waals surface area contributed by atoms with Gasteiger partial charge in [-0.1, -0.05) is 18.2 Å². The van der Waals surface area contributed by atoms with Crippen molar-refractivity contribution in [3.63, 3.8) is 0 Å². The number of amides is 2. The van der Waals surface area contributed by atoms with E-state index in [1.807, 2.05) is 4.72 Å². The highest BCUT2D eigenvalue weighted by molar-refractivity contribution is 7.91. The number of carboxylic acids is 1.